The zero-order chi connectivity index (χ0) is 11.4. The fourth-order valence-electron chi connectivity index (χ4n) is 2.32. The average molecular weight is 220 g/mol. The average Bonchev–Trinajstić information content (AvgIpc) is 2.33. The Morgan fingerprint density at radius 3 is 2.81 bits per heavy atom. The van der Waals surface area contributed by atoms with Gasteiger partial charge in [-0.15, -0.1) is 0 Å². The molecule has 0 aromatic carbocycles. The van der Waals surface area contributed by atoms with Gasteiger partial charge in [-0.1, -0.05) is 6.92 Å². The smallest absolute Gasteiger partial charge is 0.0703 e. The lowest BCUT2D eigenvalue weighted by Crippen LogP contribution is -2.25. The van der Waals surface area contributed by atoms with Crippen LogP contribution in [-0.2, 0) is 6.61 Å². The minimum atomic E-state index is 0.0774. The molecule has 1 aliphatic carbocycles. The zero-order valence-corrected chi connectivity index (χ0v) is 9.82. The lowest BCUT2D eigenvalue weighted by molar-refractivity contribution is 0.282. The van der Waals surface area contributed by atoms with E-state index in [4.69, 9.17) is 0 Å². The van der Waals surface area contributed by atoms with Crippen molar-refractivity contribution in [2.45, 2.75) is 45.3 Å². The fourth-order valence-corrected chi connectivity index (χ4v) is 2.32. The summed E-state index contributed by atoms with van der Waals surface area (Å²) in [4.78, 5) is 4.10. The molecule has 16 heavy (non-hydrogen) atoms. The van der Waals surface area contributed by atoms with Gasteiger partial charge in [0, 0.05) is 17.8 Å². The molecule has 0 saturated heterocycles. The Morgan fingerprint density at radius 1 is 1.38 bits per heavy atom. The van der Waals surface area contributed by atoms with Gasteiger partial charge in [-0.05, 0) is 37.7 Å². The Balaban J connectivity index is 1.98. The van der Waals surface area contributed by atoms with E-state index in [1.807, 2.05) is 12.3 Å². The molecule has 1 fully saturated rings. The highest BCUT2D eigenvalue weighted by atomic mass is 16.3. The van der Waals surface area contributed by atoms with Crippen molar-refractivity contribution in [3.8, 4) is 0 Å². The molecule has 1 aliphatic rings. The van der Waals surface area contributed by atoms with E-state index in [2.05, 4.69) is 17.2 Å². The largest absolute Gasteiger partial charge is 0.392 e. The molecule has 2 rings (SSSR count). The highest BCUT2D eigenvalue weighted by Gasteiger charge is 2.18. The first-order chi connectivity index (χ1) is 7.79. The second-order valence-electron chi connectivity index (χ2n) is 4.79. The maximum atomic E-state index is 9.22. The van der Waals surface area contributed by atoms with Crippen LogP contribution in [0.1, 0.15) is 38.2 Å². The van der Waals surface area contributed by atoms with Gasteiger partial charge in [-0.25, -0.2) is 0 Å². The van der Waals surface area contributed by atoms with Crippen molar-refractivity contribution in [3.05, 3.63) is 24.0 Å². The second-order valence-corrected chi connectivity index (χ2v) is 4.79. The van der Waals surface area contributed by atoms with Gasteiger partial charge in [-0.2, -0.15) is 0 Å². The van der Waals surface area contributed by atoms with Crippen LogP contribution in [0.4, 0.5) is 5.69 Å². The van der Waals surface area contributed by atoms with Crippen LogP contribution in [0.25, 0.3) is 0 Å². The van der Waals surface area contributed by atoms with Crippen molar-refractivity contribution in [2.75, 3.05) is 5.32 Å². The van der Waals surface area contributed by atoms with Crippen LogP contribution in [0.15, 0.2) is 18.5 Å². The Morgan fingerprint density at radius 2 is 2.12 bits per heavy atom. The van der Waals surface area contributed by atoms with Gasteiger partial charge in [0.05, 0.1) is 18.5 Å². The van der Waals surface area contributed by atoms with Crippen molar-refractivity contribution >= 4 is 5.69 Å². The van der Waals surface area contributed by atoms with E-state index in [0.29, 0.717) is 6.04 Å². The predicted molar refractivity (Wildman–Crippen MR) is 65.2 cm³/mol. The minimum Gasteiger partial charge on any atom is -0.392 e. The third-order valence-corrected chi connectivity index (χ3v) is 3.46. The van der Waals surface area contributed by atoms with Crippen molar-refractivity contribution in [1.29, 1.82) is 0 Å². The SMILES string of the molecule is CC1CCC(Nc2cnccc2CO)CC1. The molecule has 88 valence electrons. The van der Waals surface area contributed by atoms with Gasteiger partial charge in [0.25, 0.3) is 0 Å². The number of aromatic nitrogens is 1. The van der Waals surface area contributed by atoms with Crippen molar-refractivity contribution in [2.24, 2.45) is 5.92 Å². The van der Waals surface area contributed by atoms with Gasteiger partial charge in [-0.3, -0.25) is 4.98 Å². The van der Waals surface area contributed by atoms with E-state index >= 15 is 0 Å². The molecule has 0 aliphatic heterocycles. The highest BCUT2D eigenvalue weighted by Crippen LogP contribution is 2.26. The maximum Gasteiger partial charge on any atom is 0.0703 e. The van der Waals surface area contributed by atoms with E-state index < -0.39 is 0 Å². The maximum absolute atomic E-state index is 9.22. The summed E-state index contributed by atoms with van der Waals surface area (Å²) in [6.45, 7) is 2.40. The van der Waals surface area contributed by atoms with Crippen LogP contribution in [0.5, 0.6) is 0 Å². The van der Waals surface area contributed by atoms with Crippen LogP contribution < -0.4 is 5.32 Å². The summed E-state index contributed by atoms with van der Waals surface area (Å²) < 4.78 is 0. The van der Waals surface area contributed by atoms with E-state index in [1.54, 1.807) is 6.20 Å². The summed E-state index contributed by atoms with van der Waals surface area (Å²) in [7, 11) is 0. The summed E-state index contributed by atoms with van der Waals surface area (Å²) in [5.74, 6) is 0.865. The Labute approximate surface area is 96.9 Å². The number of aliphatic hydroxyl groups excluding tert-OH is 1. The molecule has 3 nitrogen and oxygen atoms in total. The molecular weight excluding hydrogens is 200 g/mol. The highest BCUT2D eigenvalue weighted by molar-refractivity contribution is 5.49. The summed E-state index contributed by atoms with van der Waals surface area (Å²) in [6.07, 6.45) is 8.57. The minimum absolute atomic E-state index is 0.0774. The van der Waals surface area contributed by atoms with Crippen LogP contribution in [0.2, 0.25) is 0 Å². The Hall–Kier alpha value is -1.09. The molecule has 2 N–H and O–H groups in total. The van der Waals surface area contributed by atoms with E-state index in [-0.39, 0.29) is 6.61 Å². The number of nitrogens with one attached hydrogen (secondary N) is 1. The summed E-state index contributed by atoms with van der Waals surface area (Å²) in [5.41, 5.74) is 1.93. The third-order valence-electron chi connectivity index (χ3n) is 3.46. The molecule has 1 aromatic heterocycles. The van der Waals surface area contributed by atoms with E-state index in [1.165, 1.54) is 25.7 Å². The molecule has 0 spiro atoms. The van der Waals surface area contributed by atoms with Gasteiger partial charge in [0.15, 0.2) is 0 Å². The number of hydrogen-bond donors (Lipinski definition) is 2. The lowest BCUT2D eigenvalue weighted by atomic mass is 9.87. The summed E-state index contributed by atoms with van der Waals surface area (Å²) >= 11 is 0. The molecule has 1 saturated carbocycles. The number of anilines is 1. The zero-order valence-electron chi connectivity index (χ0n) is 9.82. The second kappa shape index (κ2) is 5.30. The first-order valence-electron chi connectivity index (χ1n) is 6.10. The van der Waals surface area contributed by atoms with Crippen molar-refractivity contribution in [3.63, 3.8) is 0 Å². The van der Waals surface area contributed by atoms with Gasteiger partial charge >= 0.3 is 0 Å². The normalized spacial score (nSPS) is 25.4. The van der Waals surface area contributed by atoms with Crippen LogP contribution >= 0.6 is 0 Å². The topological polar surface area (TPSA) is 45.2 Å². The molecule has 0 unspecified atom stereocenters. The molecule has 0 radical (unpaired) electrons. The molecule has 0 amide bonds. The van der Waals surface area contributed by atoms with Crippen LogP contribution in [-0.4, -0.2) is 16.1 Å². The summed E-state index contributed by atoms with van der Waals surface area (Å²) in [6, 6.07) is 2.42. The predicted octanol–water partition coefficient (Wildman–Crippen LogP) is 2.56. The first kappa shape index (κ1) is 11.4. The monoisotopic (exact) mass is 220 g/mol. The van der Waals surface area contributed by atoms with Gasteiger partial charge < -0.3 is 10.4 Å². The number of rotatable bonds is 3. The molecule has 1 heterocycles. The quantitative estimate of drug-likeness (QED) is 0.823. The van der Waals surface area contributed by atoms with Gasteiger partial charge in [0.1, 0.15) is 0 Å². The Bertz CT molecular complexity index is 332. The first-order valence-corrected chi connectivity index (χ1v) is 6.10. The van der Waals surface area contributed by atoms with Crippen molar-refractivity contribution in [1.82, 2.24) is 4.98 Å². The van der Waals surface area contributed by atoms with Crippen LogP contribution in [0.3, 0.4) is 0 Å². The molecule has 3 heteroatoms. The number of nitrogens with zero attached hydrogens (tertiary/aromatic N) is 1. The number of hydrogen-bond acceptors (Lipinski definition) is 3. The van der Waals surface area contributed by atoms with E-state index in [9.17, 15) is 5.11 Å². The van der Waals surface area contributed by atoms with E-state index in [0.717, 1.165) is 17.2 Å². The number of aliphatic hydroxyl groups is 1. The molecular formula is C13H20N2O. The Kier molecular flexibility index (Phi) is 3.78. The molecule has 0 bridgehead atoms. The standard InChI is InChI=1S/C13H20N2O/c1-10-2-4-12(5-3-10)15-13-8-14-7-6-11(13)9-16/h6-8,10,12,15-16H,2-5,9H2,1H3. The van der Waals surface area contributed by atoms with Crippen molar-refractivity contribution < 1.29 is 5.11 Å². The third kappa shape index (κ3) is 2.73. The molecule has 0 atom stereocenters. The molecule has 1 aromatic rings. The number of pyridine rings is 1. The fraction of sp³-hybridized carbons (Fsp3) is 0.615. The van der Waals surface area contributed by atoms with Crippen LogP contribution in [0, 0.1) is 5.92 Å². The summed E-state index contributed by atoms with van der Waals surface area (Å²) in [5, 5.41) is 12.7. The lowest BCUT2D eigenvalue weighted by Gasteiger charge is -2.28. The van der Waals surface area contributed by atoms with Gasteiger partial charge in [0.2, 0.25) is 0 Å².